The largest absolute Gasteiger partial charge is 0.445 e. The molecule has 1 aliphatic carbocycles. The van der Waals surface area contributed by atoms with Gasteiger partial charge in [-0.3, -0.25) is 24.9 Å². The number of Topliss-reactive ketones (excluding diaryl/α,β-unsaturated/α-hetero) is 1. The highest BCUT2D eigenvalue weighted by molar-refractivity contribution is 5.99. The van der Waals surface area contributed by atoms with E-state index in [9.17, 15) is 29.1 Å². The van der Waals surface area contributed by atoms with E-state index in [1.807, 2.05) is 26.8 Å². The maximum absolute atomic E-state index is 14.1. The molecule has 2 fully saturated rings. The molecule has 12 heteroatoms. The molecule has 4 amide bonds. The van der Waals surface area contributed by atoms with Crippen LogP contribution in [0.15, 0.2) is 30.3 Å². The smallest absolute Gasteiger partial charge is 0.408 e. The number of amides is 4. The van der Waals surface area contributed by atoms with Gasteiger partial charge in [0.15, 0.2) is 5.78 Å². The minimum atomic E-state index is -2.70. The minimum absolute atomic E-state index is 0.0107. The summed E-state index contributed by atoms with van der Waals surface area (Å²) in [6.07, 6.45) is 3.88. The summed E-state index contributed by atoms with van der Waals surface area (Å²) in [4.78, 5) is 66.9. The number of rotatable bonds is 12. The Bertz CT molecular complexity index is 1140. The molecule has 1 aliphatic heterocycles. The molecule has 0 aromatic heterocycles. The summed E-state index contributed by atoms with van der Waals surface area (Å²) in [5.74, 6) is -4.48. The molecule has 43 heavy (non-hydrogen) atoms. The van der Waals surface area contributed by atoms with Gasteiger partial charge in [-0.1, -0.05) is 62.4 Å². The Labute approximate surface area is 253 Å². The maximum Gasteiger partial charge on any atom is 0.408 e. The first kappa shape index (κ1) is 34.0. The van der Waals surface area contributed by atoms with Crippen molar-refractivity contribution in [3.05, 3.63) is 35.9 Å². The molecule has 7 N–H and O–H groups in total. The van der Waals surface area contributed by atoms with Crippen LogP contribution in [0.2, 0.25) is 0 Å². The van der Waals surface area contributed by atoms with E-state index in [1.54, 1.807) is 24.3 Å². The fourth-order valence-corrected chi connectivity index (χ4v) is 5.96. The zero-order chi connectivity index (χ0) is 31.8. The van der Waals surface area contributed by atoms with Gasteiger partial charge in [-0.2, -0.15) is 0 Å². The summed E-state index contributed by atoms with van der Waals surface area (Å²) in [5, 5.41) is 16.9. The van der Waals surface area contributed by atoms with Crippen molar-refractivity contribution >= 4 is 29.6 Å². The third kappa shape index (κ3) is 9.75. The van der Waals surface area contributed by atoms with Crippen LogP contribution in [0.3, 0.4) is 0 Å². The lowest BCUT2D eigenvalue weighted by atomic mass is 9.75. The molecule has 3 rings (SSSR count). The average Bonchev–Trinajstić information content (AvgIpc) is 3.44. The highest BCUT2D eigenvalue weighted by Gasteiger charge is 2.52. The Morgan fingerprint density at radius 2 is 1.67 bits per heavy atom. The van der Waals surface area contributed by atoms with Gasteiger partial charge < -0.3 is 31.1 Å². The molecule has 0 bridgehead atoms. The highest BCUT2D eigenvalue weighted by atomic mass is 16.5. The molecule has 4 atom stereocenters. The molecule has 2 aliphatic rings. The summed E-state index contributed by atoms with van der Waals surface area (Å²) in [5.41, 5.74) is 9.27. The number of hydrogen-bond donors (Lipinski definition) is 5. The van der Waals surface area contributed by atoms with E-state index >= 15 is 0 Å². The van der Waals surface area contributed by atoms with Crippen molar-refractivity contribution in [1.82, 2.24) is 15.5 Å². The van der Waals surface area contributed by atoms with E-state index in [0.717, 1.165) is 32.1 Å². The zero-order valence-electron chi connectivity index (χ0n) is 25.5. The van der Waals surface area contributed by atoms with Gasteiger partial charge in [0, 0.05) is 12.1 Å². The Morgan fingerprint density at radius 3 is 2.28 bits per heavy atom. The second kappa shape index (κ2) is 14.8. The van der Waals surface area contributed by atoms with Crippen molar-refractivity contribution in [2.24, 2.45) is 23.3 Å². The first-order valence-electron chi connectivity index (χ1n) is 15.1. The highest BCUT2D eigenvalue weighted by Crippen LogP contribution is 2.35. The number of carbonyl (C=O) groups excluding carboxylic acids is 5. The molecule has 0 spiro atoms. The number of nitrogens with zero attached hydrogens (tertiary/aromatic N) is 1. The van der Waals surface area contributed by atoms with Gasteiger partial charge in [-0.15, -0.1) is 0 Å². The van der Waals surface area contributed by atoms with Crippen LogP contribution in [-0.4, -0.2) is 69.5 Å². The van der Waals surface area contributed by atoms with Crippen molar-refractivity contribution in [2.45, 2.75) is 109 Å². The van der Waals surface area contributed by atoms with Crippen molar-refractivity contribution in [3.63, 3.8) is 0 Å². The summed E-state index contributed by atoms with van der Waals surface area (Å²) >= 11 is 0. The van der Waals surface area contributed by atoms with Crippen LogP contribution in [0.25, 0.3) is 0 Å². The normalized spacial score (nSPS) is 20.4. The number of ketones is 1. The quantitative estimate of drug-likeness (QED) is 0.224. The number of carbonyl (C=O) groups is 5. The number of hydrogen-bond acceptors (Lipinski definition) is 8. The predicted octanol–water partition coefficient (Wildman–Crippen LogP) is 1.87. The van der Waals surface area contributed by atoms with E-state index in [0.29, 0.717) is 18.4 Å². The number of aliphatic hydroxyl groups is 1. The number of benzene rings is 1. The molecule has 12 nitrogen and oxygen atoms in total. The molecule has 1 saturated heterocycles. The van der Waals surface area contributed by atoms with Crippen molar-refractivity contribution in [1.29, 1.82) is 0 Å². The van der Waals surface area contributed by atoms with E-state index < -0.39 is 59.4 Å². The Kier molecular flexibility index (Phi) is 11.7. The van der Waals surface area contributed by atoms with Gasteiger partial charge in [-0.25, -0.2) is 4.79 Å². The fourth-order valence-electron chi connectivity index (χ4n) is 5.96. The molecular weight excluding hydrogens is 554 g/mol. The lowest BCUT2D eigenvalue weighted by molar-refractivity contribution is -0.165. The number of nitrogens with one attached hydrogen (secondary N) is 2. The second-order valence-corrected chi connectivity index (χ2v) is 12.8. The van der Waals surface area contributed by atoms with Gasteiger partial charge in [-0.05, 0) is 51.5 Å². The number of nitrogens with two attached hydrogens (primary N) is 2. The van der Waals surface area contributed by atoms with Gasteiger partial charge in [0.05, 0.1) is 12.3 Å². The van der Waals surface area contributed by atoms with Crippen LogP contribution in [0.5, 0.6) is 0 Å². The Balaban J connectivity index is 1.86. The molecule has 1 unspecified atom stereocenters. The van der Waals surface area contributed by atoms with Crippen LogP contribution in [0, 0.1) is 11.8 Å². The second-order valence-electron chi connectivity index (χ2n) is 12.8. The lowest BCUT2D eigenvalue weighted by Gasteiger charge is -2.39. The summed E-state index contributed by atoms with van der Waals surface area (Å²) in [6, 6.07) is 6.54. The average molecular weight is 602 g/mol. The molecule has 1 saturated carbocycles. The van der Waals surface area contributed by atoms with Crippen molar-refractivity contribution in [3.8, 4) is 0 Å². The van der Waals surface area contributed by atoms with E-state index in [2.05, 4.69) is 10.6 Å². The van der Waals surface area contributed by atoms with Gasteiger partial charge >= 0.3 is 6.09 Å². The molecule has 1 heterocycles. The standard InChI is InChI=1S/C31H47N5O7/c1-30(2,3)35-27(39)24-15-10-16-36(24)28(40)31(33,42)22(17-20-11-6-4-7-12-20)26(38)23(18-25(32)37)34-29(41)43-19-21-13-8-5-9-14-21/h5,8-9,13-14,20,22-24,42H,4,6-7,10-12,15-19,33H2,1-3H3,(H2,32,37)(H,34,41)(H,35,39)/t22-,23+,24+,31?/m1/s1. The third-order valence-corrected chi connectivity index (χ3v) is 8.08. The molecule has 0 radical (unpaired) electrons. The molecule has 1 aromatic rings. The first-order valence-corrected chi connectivity index (χ1v) is 15.1. The zero-order valence-corrected chi connectivity index (χ0v) is 25.5. The maximum atomic E-state index is 14.1. The van der Waals surface area contributed by atoms with Crippen LogP contribution in [-0.2, 0) is 30.5 Å². The van der Waals surface area contributed by atoms with E-state index in [4.69, 9.17) is 16.2 Å². The first-order chi connectivity index (χ1) is 20.2. The van der Waals surface area contributed by atoms with Crippen LogP contribution < -0.4 is 22.1 Å². The monoisotopic (exact) mass is 601 g/mol. The SMILES string of the molecule is CC(C)(C)NC(=O)[C@@H]1CCCN1C(=O)C(N)(O)[C@H](CC1CCCCC1)C(=O)[C@H](CC(N)=O)NC(=O)OCc1ccccc1. The fraction of sp³-hybridized carbons (Fsp3) is 0.645. The van der Waals surface area contributed by atoms with Gasteiger partial charge in [0.25, 0.3) is 5.91 Å². The number of alkyl carbamates (subject to hydrolysis) is 1. The van der Waals surface area contributed by atoms with Gasteiger partial charge in [0.2, 0.25) is 17.5 Å². The van der Waals surface area contributed by atoms with Crippen LogP contribution in [0.4, 0.5) is 4.79 Å². The lowest BCUT2D eigenvalue weighted by Crippen LogP contribution is -2.66. The Hall–Kier alpha value is -3.51. The predicted molar refractivity (Wildman–Crippen MR) is 159 cm³/mol. The summed E-state index contributed by atoms with van der Waals surface area (Å²) in [6.45, 7) is 5.56. The van der Waals surface area contributed by atoms with Crippen molar-refractivity contribution in [2.75, 3.05) is 6.54 Å². The van der Waals surface area contributed by atoms with Gasteiger partial charge in [0.1, 0.15) is 18.7 Å². The summed E-state index contributed by atoms with van der Waals surface area (Å²) in [7, 11) is 0. The number of ether oxygens (including phenoxy) is 1. The molecule has 1 aromatic carbocycles. The van der Waals surface area contributed by atoms with E-state index in [1.165, 1.54) is 4.90 Å². The van der Waals surface area contributed by atoms with E-state index in [-0.39, 0.29) is 31.4 Å². The van der Waals surface area contributed by atoms with Crippen LogP contribution in [0.1, 0.15) is 84.1 Å². The summed E-state index contributed by atoms with van der Waals surface area (Å²) < 4.78 is 5.25. The number of primary amides is 1. The minimum Gasteiger partial charge on any atom is -0.445 e. The number of likely N-dealkylation sites (tertiary alicyclic amines) is 1. The Morgan fingerprint density at radius 1 is 1.02 bits per heavy atom. The van der Waals surface area contributed by atoms with Crippen LogP contribution >= 0.6 is 0 Å². The topological polar surface area (TPSA) is 194 Å². The molecular formula is C31H47N5O7. The van der Waals surface area contributed by atoms with Crippen molar-refractivity contribution < 1.29 is 33.8 Å². The third-order valence-electron chi connectivity index (χ3n) is 8.08. The molecule has 238 valence electrons.